The third-order valence-electron chi connectivity index (χ3n) is 4.52. The molecule has 3 rings (SSSR count). The zero-order valence-electron chi connectivity index (χ0n) is 16.1. The van der Waals surface area contributed by atoms with Crippen molar-refractivity contribution in [3.05, 3.63) is 52.5 Å². The zero-order valence-corrected chi connectivity index (χ0v) is 17.7. The Balaban J connectivity index is 1.54. The van der Waals surface area contributed by atoms with Crippen molar-refractivity contribution in [2.75, 3.05) is 25.1 Å². The van der Waals surface area contributed by atoms with Crippen LogP contribution in [0, 0.1) is 0 Å². The van der Waals surface area contributed by atoms with E-state index in [1.807, 2.05) is 24.3 Å². The number of amides is 1. The van der Waals surface area contributed by atoms with E-state index in [9.17, 15) is 4.79 Å². The van der Waals surface area contributed by atoms with Gasteiger partial charge in [-0.15, -0.1) is 0 Å². The first-order valence-electron chi connectivity index (χ1n) is 9.74. The van der Waals surface area contributed by atoms with Crippen molar-refractivity contribution in [1.82, 2.24) is 0 Å². The molecule has 5 nitrogen and oxygen atoms in total. The van der Waals surface area contributed by atoms with E-state index < -0.39 is 0 Å². The van der Waals surface area contributed by atoms with E-state index >= 15 is 0 Å². The second-order valence-corrected chi connectivity index (χ2v) is 7.63. The van der Waals surface area contributed by atoms with Crippen LogP contribution in [0.15, 0.2) is 46.9 Å². The molecule has 6 heteroatoms. The predicted octanol–water partition coefficient (Wildman–Crippen LogP) is 5.44. The molecule has 2 aromatic rings. The molecule has 1 unspecified atom stereocenters. The van der Waals surface area contributed by atoms with E-state index in [0.29, 0.717) is 24.5 Å². The van der Waals surface area contributed by atoms with E-state index in [1.165, 1.54) is 0 Å². The highest BCUT2D eigenvalue weighted by Gasteiger charge is 2.17. The topological polar surface area (TPSA) is 56.8 Å². The average Bonchev–Trinajstić information content (AvgIpc) is 3.22. The second-order valence-electron chi connectivity index (χ2n) is 6.77. The third kappa shape index (κ3) is 5.97. The van der Waals surface area contributed by atoms with Crippen molar-refractivity contribution < 1.29 is 19.0 Å². The summed E-state index contributed by atoms with van der Waals surface area (Å²) in [5.74, 6) is 1.34. The van der Waals surface area contributed by atoms with Crippen LogP contribution in [0.25, 0.3) is 0 Å². The van der Waals surface area contributed by atoms with Crippen molar-refractivity contribution in [3.63, 3.8) is 0 Å². The number of unbranched alkanes of at least 4 members (excludes halogenated alkanes) is 1. The van der Waals surface area contributed by atoms with Crippen LogP contribution in [0.2, 0.25) is 0 Å². The third-order valence-corrected chi connectivity index (χ3v) is 5.14. The largest absolute Gasteiger partial charge is 0.494 e. The molecule has 1 aliphatic heterocycles. The van der Waals surface area contributed by atoms with E-state index in [-0.39, 0.29) is 12.0 Å². The highest BCUT2D eigenvalue weighted by atomic mass is 79.9. The minimum absolute atomic E-state index is 0.156. The van der Waals surface area contributed by atoms with Crippen LogP contribution in [-0.2, 0) is 4.74 Å². The number of nitrogens with one attached hydrogen (secondary N) is 1. The maximum absolute atomic E-state index is 12.5. The summed E-state index contributed by atoms with van der Waals surface area (Å²) >= 11 is 3.49. The number of halogens is 1. The maximum atomic E-state index is 12.5. The Labute approximate surface area is 174 Å². The lowest BCUT2D eigenvalue weighted by Crippen LogP contribution is -2.16. The second kappa shape index (κ2) is 10.5. The number of anilines is 1. The van der Waals surface area contributed by atoms with Gasteiger partial charge in [-0.3, -0.25) is 4.79 Å². The fourth-order valence-electron chi connectivity index (χ4n) is 2.89. The molecule has 1 atom stereocenters. The van der Waals surface area contributed by atoms with Gasteiger partial charge in [0, 0.05) is 17.9 Å². The molecule has 1 aliphatic rings. The van der Waals surface area contributed by atoms with Gasteiger partial charge in [-0.25, -0.2) is 0 Å². The molecule has 28 heavy (non-hydrogen) atoms. The number of benzene rings is 2. The zero-order chi connectivity index (χ0) is 19.8. The van der Waals surface area contributed by atoms with E-state index in [4.69, 9.17) is 14.2 Å². The highest BCUT2D eigenvalue weighted by Crippen LogP contribution is 2.27. The summed E-state index contributed by atoms with van der Waals surface area (Å²) in [7, 11) is 0. The average molecular weight is 448 g/mol. The van der Waals surface area contributed by atoms with Gasteiger partial charge in [0.25, 0.3) is 5.91 Å². The molecule has 1 fully saturated rings. The smallest absolute Gasteiger partial charge is 0.255 e. The molecule has 1 heterocycles. The summed E-state index contributed by atoms with van der Waals surface area (Å²) in [4.78, 5) is 12.5. The minimum Gasteiger partial charge on any atom is -0.494 e. The number of hydrogen-bond donors (Lipinski definition) is 1. The van der Waals surface area contributed by atoms with Gasteiger partial charge in [-0.2, -0.15) is 0 Å². The standard InChI is InChI=1S/C22H26BrNO4/c1-2-3-12-26-18-9-7-17(8-10-18)24-22(25)16-6-11-21(20(23)14-16)28-15-19-5-4-13-27-19/h6-11,14,19H,2-5,12-13,15H2,1H3,(H,24,25). The summed E-state index contributed by atoms with van der Waals surface area (Å²) in [5.41, 5.74) is 1.28. The lowest BCUT2D eigenvalue weighted by molar-refractivity contribution is 0.0677. The Morgan fingerprint density at radius 1 is 1.21 bits per heavy atom. The molecule has 0 aliphatic carbocycles. The van der Waals surface area contributed by atoms with Gasteiger partial charge in [-0.05, 0) is 77.7 Å². The number of carbonyl (C=O) groups excluding carboxylic acids is 1. The Bertz CT molecular complexity index is 773. The summed E-state index contributed by atoms with van der Waals surface area (Å²) < 4.78 is 17.8. The molecule has 1 N–H and O–H groups in total. The molecular weight excluding hydrogens is 422 g/mol. The number of ether oxygens (including phenoxy) is 3. The normalized spacial score (nSPS) is 16.0. The van der Waals surface area contributed by atoms with E-state index in [0.717, 1.165) is 48.2 Å². The molecule has 0 bridgehead atoms. The van der Waals surface area contributed by atoms with E-state index in [2.05, 4.69) is 28.2 Å². The highest BCUT2D eigenvalue weighted by molar-refractivity contribution is 9.10. The molecule has 150 valence electrons. The van der Waals surface area contributed by atoms with Gasteiger partial charge < -0.3 is 19.5 Å². The Morgan fingerprint density at radius 2 is 2.04 bits per heavy atom. The maximum Gasteiger partial charge on any atom is 0.255 e. The fourth-order valence-corrected chi connectivity index (χ4v) is 3.38. The lowest BCUT2D eigenvalue weighted by Gasteiger charge is -2.13. The van der Waals surface area contributed by atoms with Gasteiger partial charge in [-0.1, -0.05) is 13.3 Å². The molecule has 1 amide bonds. The molecule has 1 saturated heterocycles. The van der Waals surface area contributed by atoms with Crippen molar-refractivity contribution in [2.45, 2.75) is 38.7 Å². The van der Waals surface area contributed by atoms with Gasteiger partial charge in [0.05, 0.1) is 17.2 Å². The molecular formula is C22H26BrNO4. The Morgan fingerprint density at radius 3 is 2.71 bits per heavy atom. The van der Waals surface area contributed by atoms with Crippen LogP contribution in [0.3, 0.4) is 0 Å². The summed E-state index contributed by atoms with van der Waals surface area (Å²) in [6.07, 6.45) is 4.40. The SMILES string of the molecule is CCCCOc1ccc(NC(=O)c2ccc(OCC3CCCO3)c(Br)c2)cc1. The molecule has 2 aromatic carbocycles. The predicted molar refractivity (Wildman–Crippen MR) is 113 cm³/mol. The first kappa shape index (κ1) is 20.7. The lowest BCUT2D eigenvalue weighted by atomic mass is 10.2. The van der Waals surface area contributed by atoms with Crippen molar-refractivity contribution >= 4 is 27.5 Å². The summed E-state index contributed by atoms with van der Waals surface area (Å²) in [6.45, 7) is 4.16. The molecule has 0 radical (unpaired) electrons. The van der Waals surface area contributed by atoms with Crippen LogP contribution < -0.4 is 14.8 Å². The monoisotopic (exact) mass is 447 g/mol. The Kier molecular flexibility index (Phi) is 7.74. The number of carbonyl (C=O) groups is 1. The van der Waals surface area contributed by atoms with Gasteiger partial charge in [0.2, 0.25) is 0 Å². The molecule has 0 saturated carbocycles. The molecule has 0 aromatic heterocycles. The first-order valence-corrected chi connectivity index (χ1v) is 10.5. The first-order chi connectivity index (χ1) is 13.7. The van der Waals surface area contributed by atoms with Crippen molar-refractivity contribution in [1.29, 1.82) is 0 Å². The quantitative estimate of drug-likeness (QED) is 0.520. The van der Waals surface area contributed by atoms with Gasteiger partial charge >= 0.3 is 0 Å². The van der Waals surface area contributed by atoms with Crippen LogP contribution >= 0.6 is 15.9 Å². The van der Waals surface area contributed by atoms with Crippen LogP contribution in [0.1, 0.15) is 43.0 Å². The summed E-state index contributed by atoms with van der Waals surface area (Å²) in [6, 6.07) is 12.7. The van der Waals surface area contributed by atoms with Crippen LogP contribution in [0.5, 0.6) is 11.5 Å². The van der Waals surface area contributed by atoms with Gasteiger partial charge in [0.15, 0.2) is 0 Å². The van der Waals surface area contributed by atoms with E-state index in [1.54, 1.807) is 18.2 Å². The van der Waals surface area contributed by atoms with Crippen LogP contribution in [0.4, 0.5) is 5.69 Å². The summed E-state index contributed by atoms with van der Waals surface area (Å²) in [5, 5.41) is 2.90. The number of rotatable bonds is 9. The number of hydrogen-bond acceptors (Lipinski definition) is 4. The fraction of sp³-hybridized carbons (Fsp3) is 0.409. The minimum atomic E-state index is -0.175. The van der Waals surface area contributed by atoms with Crippen molar-refractivity contribution in [3.8, 4) is 11.5 Å². The van der Waals surface area contributed by atoms with Crippen molar-refractivity contribution in [2.24, 2.45) is 0 Å². The van der Waals surface area contributed by atoms with Gasteiger partial charge in [0.1, 0.15) is 18.1 Å². The Hall–Kier alpha value is -2.05. The van der Waals surface area contributed by atoms with Crippen LogP contribution in [-0.4, -0.2) is 31.8 Å². The molecule has 0 spiro atoms.